The Morgan fingerprint density at radius 3 is 2.14 bits per heavy atom. The number of halogens is 5. The molecule has 12 heteroatoms. The molecular formula is C23H31F5N6O. The Balaban J connectivity index is 1.07. The number of likely N-dealkylation sites (tertiary alicyclic amines) is 1. The maximum atomic E-state index is 13.0. The molecule has 0 radical (unpaired) electrons. The van der Waals surface area contributed by atoms with E-state index in [-0.39, 0.29) is 54.3 Å². The van der Waals surface area contributed by atoms with E-state index in [0.717, 1.165) is 44.9 Å². The monoisotopic (exact) mass is 502 g/mol. The van der Waals surface area contributed by atoms with Crippen LogP contribution >= 0.6 is 0 Å². The summed E-state index contributed by atoms with van der Waals surface area (Å²) in [5.41, 5.74) is -0.683. The van der Waals surface area contributed by atoms with Gasteiger partial charge in [-0.1, -0.05) is 0 Å². The molecule has 7 nitrogen and oxygen atoms in total. The minimum absolute atomic E-state index is 0.00378. The highest BCUT2D eigenvalue weighted by molar-refractivity contribution is 5.76. The molecule has 0 unspecified atom stereocenters. The number of piperazine rings is 1. The molecular weight excluding hydrogens is 471 g/mol. The van der Waals surface area contributed by atoms with Crippen molar-refractivity contribution in [2.75, 3.05) is 37.6 Å². The van der Waals surface area contributed by atoms with Crippen LogP contribution in [-0.2, 0) is 6.18 Å². The summed E-state index contributed by atoms with van der Waals surface area (Å²) >= 11 is 0. The van der Waals surface area contributed by atoms with Gasteiger partial charge in [-0.25, -0.2) is 23.5 Å². The van der Waals surface area contributed by atoms with Crippen LogP contribution in [0.2, 0.25) is 0 Å². The fourth-order valence-corrected chi connectivity index (χ4v) is 6.42. The second kappa shape index (κ2) is 8.41. The average Bonchev–Trinajstić information content (AvgIpc) is 2.68. The van der Waals surface area contributed by atoms with Crippen LogP contribution in [0.15, 0.2) is 12.4 Å². The van der Waals surface area contributed by atoms with Crippen molar-refractivity contribution >= 4 is 12.0 Å². The Morgan fingerprint density at radius 2 is 1.63 bits per heavy atom. The van der Waals surface area contributed by atoms with E-state index < -0.39 is 17.7 Å². The number of carbonyl (C=O) groups excluding carboxylic acids is 1. The molecule has 3 heterocycles. The molecule has 4 fully saturated rings. The Hall–Kier alpha value is -2.24. The molecule has 0 aromatic carbocycles. The van der Waals surface area contributed by atoms with Gasteiger partial charge in [0.25, 0.3) is 0 Å². The summed E-state index contributed by atoms with van der Waals surface area (Å²) in [6, 6.07) is -0.365. The third kappa shape index (κ3) is 4.90. The third-order valence-corrected chi connectivity index (χ3v) is 7.90. The maximum Gasteiger partial charge on any atom is 0.419 e. The average molecular weight is 503 g/mol. The lowest BCUT2D eigenvalue weighted by Gasteiger charge is -2.60. The molecule has 35 heavy (non-hydrogen) atoms. The lowest BCUT2D eigenvalue weighted by atomic mass is 9.60. The highest BCUT2D eigenvalue weighted by atomic mass is 19.4. The molecule has 2 saturated heterocycles. The van der Waals surface area contributed by atoms with Crippen LogP contribution < -0.4 is 10.2 Å². The van der Waals surface area contributed by atoms with Crippen molar-refractivity contribution in [3.63, 3.8) is 0 Å². The highest BCUT2D eigenvalue weighted by Gasteiger charge is 2.54. The predicted molar refractivity (Wildman–Crippen MR) is 118 cm³/mol. The first kappa shape index (κ1) is 24.5. The molecule has 2 aliphatic heterocycles. The van der Waals surface area contributed by atoms with E-state index in [1.807, 2.05) is 13.8 Å². The van der Waals surface area contributed by atoms with Crippen LogP contribution in [0.1, 0.15) is 45.1 Å². The summed E-state index contributed by atoms with van der Waals surface area (Å²) in [6.07, 6.45) is -1.11. The van der Waals surface area contributed by atoms with Crippen LogP contribution in [0.4, 0.5) is 32.7 Å². The van der Waals surface area contributed by atoms with Gasteiger partial charge in [-0.2, -0.15) is 13.2 Å². The molecule has 1 spiro atoms. The van der Waals surface area contributed by atoms with Crippen molar-refractivity contribution in [1.29, 1.82) is 0 Å². The number of nitrogens with zero attached hydrogens (tertiary/aromatic N) is 5. The summed E-state index contributed by atoms with van der Waals surface area (Å²) in [7, 11) is 0. The summed E-state index contributed by atoms with van der Waals surface area (Å²) in [5.74, 6) is -2.14. The zero-order valence-electron chi connectivity index (χ0n) is 19.9. The fourth-order valence-electron chi connectivity index (χ4n) is 6.42. The van der Waals surface area contributed by atoms with E-state index in [1.165, 1.54) is 0 Å². The summed E-state index contributed by atoms with van der Waals surface area (Å²) in [4.78, 5) is 26.6. The van der Waals surface area contributed by atoms with Crippen LogP contribution in [0.5, 0.6) is 0 Å². The van der Waals surface area contributed by atoms with Crippen LogP contribution in [0.25, 0.3) is 0 Å². The topological polar surface area (TPSA) is 64.6 Å². The lowest BCUT2D eigenvalue weighted by molar-refractivity contribution is -0.140. The normalized spacial score (nSPS) is 28.9. The molecule has 1 aromatic heterocycles. The number of alkyl halides is 5. The SMILES string of the molecule is C[C@@H]1CN(c2ncc(C(F)(F)F)cn2)C[C@H](C)N1C(=O)NC1CC2(C1)CN(CC1CC(F)(F)C1)C2. The molecule has 4 aliphatic rings. The van der Waals surface area contributed by atoms with Gasteiger partial charge in [0, 0.05) is 76.1 Å². The van der Waals surface area contributed by atoms with Gasteiger partial charge in [-0.3, -0.25) is 0 Å². The smallest absolute Gasteiger partial charge is 0.337 e. The van der Waals surface area contributed by atoms with E-state index in [0.29, 0.717) is 13.1 Å². The van der Waals surface area contributed by atoms with E-state index in [9.17, 15) is 26.7 Å². The van der Waals surface area contributed by atoms with Gasteiger partial charge in [0.05, 0.1) is 5.56 Å². The Kier molecular flexibility index (Phi) is 5.88. The first-order valence-electron chi connectivity index (χ1n) is 12.2. The summed E-state index contributed by atoms with van der Waals surface area (Å²) in [6.45, 7) is 7.24. The van der Waals surface area contributed by atoms with E-state index in [4.69, 9.17) is 0 Å². The number of hydrogen-bond acceptors (Lipinski definition) is 5. The van der Waals surface area contributed by atoms with E-state index in [1.54, 1.807) is 9.80 Å². The largest absolute Gasteiger partial charge is 0.419 e. The molecule has 2 atom stereocenters. The molecule has 194 valence electrons. The first-order valence-corrected chi connectivity index (χ1v) is 12.2. The standard InChI is InChI=1S/C23H31F5N6O/c1-14-9-33(19-29-7-17(8-30-19)23(26,27)28)10-15(2)34(14)20(35)31-18-5-21(6-18)12-32(13-21)11-16-3-22(24,25)4-16/h7-8,14-16,18H,3-6,9-13H2,1-2H3,(H,31,35)/t14-,15+. The zero-order chi connectivity index (χ0) is 25.2. The van der Waals surface area contributed by atoms with Gasteiger partial charge in [0.15, 0.2) is 0 Å². The number of anilines is 1. The molecule has 2 aliphatic carbocycles. The van der Waals surface area contributed by atoms with Gasteiger partial charge in [0.1, 0.15) is 0 Å². The van der Waals surface area contributed by atoms with Crippen molar-refractivity contribution in [3.8, 4) is 0 Å². The third-order valence-electron chi connectivity index (χ3n) is 7.90. The lowest BCUT2D eigenvalue weighted by Crippen LogP contribution is -2.69. The van der Waals surface area contributed by atoms with Gasteiger partial charge in [-0.05, 0) is 38.0 Å². The van der Waals surface area contributed by atoms with Crippen molar-refractivity contribution in [2.24, 2.45) is 11.3 Å². The number of amides is 2. The Bertz CT molecular complexity index is 923. The van der Waals surface area contributed by atoms with Gasteiger partial charge < -0.3 is 20.0 Å². The van der Waals surface area contributed by atoms with Gasteiger partial charge >= 0.3 is 12.2 Å². The molecule has 0 bridgehead atoms. The number of urea groups is 1. The molecule has 1 aromatic rings. The van der Waals surface area contributed by atoms with Crippen molar-refractivity contribution in [1.82, 2.24) is 25.1 Å². The Labute approximate surface area is 201 Å². The zero-order valence-corrected chi connectivity index (χ0v) is 19.9. The molecule has 1 N–H and O–H groups in total. The van der Waals surface area contributed by atoms with Crippen molar-refractivity contribution in [3.05, 3.63) is 18.0 Å². The highest BCUT2D eigenvalue weighted by Crippen LogP contribution is 2.50. The van der Waals surface area contributed by atoms with E-state index in [2.05, 4.69) is 20.2 Å². The van der Waals surface area contributed by atoms with Crippen molar-refractivity contribution < 1.29 is 26.7 Å². The number of hydrogen-bond donors (Lipinski definition) is 1. The molecule has 2 amide bonds. The van der Waals surface area contributed by atoms with Crippen LogP contribution in [0.3, 0.4) is 0 Å². The fraction of sp³-hybridized carbons (Fsp3) is 0.783. The maximum absolute atomic E-state index is 13.0. The first-order chi connectivity index (χ1) is 16.3. The van der Waals surface area contributed by atoms with Crippen LogP contribution in [0, 0.1) is 11.3 Å². The van der Waals surface area contributed by atoms with E-state index >= 15 is 0 Å². The van der Waals surface area contributed by atoms with Gasteiger partial charge in [0.2, 0.25) is 11.9 Å². The predicted octanol–water partition coefficient (Wildman–Crippen LogP) is 3.61. The quantitative estimate of drug-likeness (QED) is 0.638. The summed E-state index contributed by atoms with van der Waals surface area (Å²) in [5, 5.41) is 3.13. The minimum Gasteiger partial charge on any atom is -0.337 e. The number of aromatic nitrogens is 2. The van der Waals surface area contributed by atoms with Gasteiger partial charge in [-0.15, -0.1) is 0 Å². The number of rotatable bonds is 4. The summed E-state index contributed by atoms with van der Waals surface area (Å²) < 4.78 is 64.4. The van der Waals surface area contributed by atoms with Crippen LogP contribution in [-0.4, -0.2) is 82.6 Å². The molecule has 2 saturated carbocycles. The second-order valence-electron chi connectivity index (χ2n) is 11.1. The second-order valence-corrected chi connectivity index (χ2v) is 11.1. The minimum atomic E-state index is -4.48. The Morgan fingerprint density at radius 1 is 1.06 bits per heavy atom. The molecule has 5 rings (SSSR count). The number of carbonyl (C=O) groups is 1. The van der Waals surface area contributed by atoms with Crippen molar-refractivity contribution in [2.45, 2.75) is 69.8 Å². The number of nitrogens with one attached hydrogen (secondary N) is 1.